The predicted octanol–water partition coefficient (Wildman–Crippen LogP) is 3.31. The summed E-state index contributed by atoms with van der Waals surface area (Å²) in [5.74, 6) is 1.61. The molecule has 1 atom stereocenters. The topological polar surface area (TPSA) is 71.3 Å². The third-order valence-corrected chi connectivity index (χ3v) is 5.10. The van der Waals surface area contributed by atoms with Crippen LogP contribution < -0.4 is 10.2 Å². The fourth-order valence-corrected chi connectivity index (χ4v) is 3.57. The first-order valence-electron chi connectivity index (χ1n) is 9.74. The zero-order valence-corrected chi connectivity index (χ0v) is 15.8. The van der Waals surface area contributed by atoms with Gasteiger partial charge in [0, 0.05) is 19.6 Å². The summed E-state index contributed by atoms with van der Waals surface area (Å²) < 4.78 is 5.35. The Kier molecular flexibility index (Phi) is 5.66. The van der Waals surface area contributed by atoms with Gasteiger partial charge >= 0.3 is 0 Å². The van der Waals surface area contributed by atoms with Crippen molar-refractivity contribution in [2.45, 2.75) is 19.3 Å². The number of anilines is 1. The van der Waals surface area contributed by atoms with Gasteiger partial charge in [0.2, 0.25) is 5.91 Å². The molecule has 1 unspecified atom stereocenters. The number of benzene rings is 1. The molecule has 1 aromatic carbocycles. The normalized spacial score (nSPS) is 16.7. The number of hydrogen-bond donors (Lipinski definition) is 1. The molecule has 0 aliphatic carbocycles. The Bertz CT molecular complexity index is 879. The first-order chi connectivity index (χ1) is 13.8. The van der Waals surface area contributed by atoms with Crippen LogP contribution in [0.3, 0.4) is 0 Å². The minimum atomic E-state index is -0.0175. The van der Waals surface area contributed by atoms with Gasteiger partial charge in [-0.1, -0.05) is 30.3 Å². The average molecular weight is 376 g/mol. The molecule has 1 N–H and O–H groups in total. The maximum Gasteiger partial charge on any atom is 0.224 e. The molecule has 2 aromatic heterocycles. The molecule has 0 saturated carbocycles. The molecule has 1 aliphatic rings. The van der Waals surface area contributed by atoms with Gasteiger partial charge < -0.3 is 14.6 Å². The monoisotopic (exact) mass is 376 g/mol. The van der Waals surface area contributed by atoms with Crippen molar-refractivity contribution in [1.82, 2.24) is 15.5 Å². The van der Waals surface area contributed by atoms with Crippen LogP contribution >= 0.6 is 0 Å². The molecule has 1 saturated heterocycles. The van der Waals surface area contributed by atoms with Crippen molar-refractivity contribution in [2.24, 2.45) is 5.92 Å². The average Bonchev–Trinajstić information content (AvgIpc) is 3.30. The summed E-state index contributed by atoms with van der Waals surface area (Å²) in [6, 6.07) is 17.8. The molecule has 6 nitrogen and oxygen atoms in total. The zero-order valence-electron chi connectivity index (χ0n) is 15.8. The highest BCUT2D eigenvalue weighted by Gasteiger charge is 2.26. The van der Waals surface area contributed by atoms with E-state index in [-0.39, 0.29) is 11.8 Å². The Morgan fingerprint density at radius 1 is 1.11 bits per heavy atom. The van der Waals surface area contributed by atoms with Gasteiger partial charge in [-0.15, -0.1) is 10.2 Å². The highest BCUT2D eigenvalue weighted by molar-refractivity contribution is 5.79. The number of amides is 1. The molecule has 0 spiro atoms. The van der Waals surface area contributed by atoms with Crippen molar-refractivity contribution in [3.63, 3.8) is 0 Å². The Balaban J connectivity index is 1.31. The van der Waals surface area contributed by atoms with E-state index < -0.39 is 0 Å². The molecule has 1 amide bonds. The highest BCUT2D eigenvalue weighted by atomic mass is 16.3. The number of carbonyl (C=O) groups is 1. The summed E-state index contributed by atoms with van der Waals surface area (Å²) in [5, 5.41) is 11.7. The van der Waals surface area contributed by atoms with E-state index in [0.29, 0.717) is 24.5 Å². The van der Waals surface area contributed by atoms with E-state index in [1.807, 2.05) is 42.5 Å². The molecule has 0 bridgehead atoms. The van der Waals surface area contributed by atoms with Crippen molar-refractivity contribution in [2.75, 3.05) is 24.5 Å². The molecular weight excluding hydrogens is 352 g/mol. The quantitative estimate of drug-likeness (QED) is 0.715. The van der Waals surface area contributed by atoms with Gasteiger partial charge in [-0.05, 0) is 49.1 Å². The lowest BCUT2D eigenvalue weighted by molar-refractivity contribution is -0.125. The van der Waals surface area contributed by atoms with Crippen LogP contribution in [0.15, 0.2) is 65.3 Å². The first-order valence-corrected chi connectivity index (χ1v) is 9.74. The third kappa shape index (κ3) is 4.39. The smallest absolute Gasteiger partial charge is 0.224 e. The Hall–Kier alpha value is -3.15. The van der Waals surface area contributed by atoms with Gasteiger partial charge in [0.05, 0.1) is 12.2 Å². The molecule has 0 radical (unpaired) electrons. The van der Waals surface area contributed by atoms with Gasteiger partial charge in [0.15, 0.2) is 11.6 Å². The highest BCUT2D eigenvalue weighted by Crippen LogP contribution is 2.23. The largest absolute Gasteiger partial charge is 0.463 e. The van der Waals surface area contributed by atoms with E-state index in [4.69, 9.17) is 4.42 Å². The predicted molar refractivity (Wildman–Crippen MR) is 108 cm³/mol. The van der Waals surface area contributed by atoms with E-state index in [2.05, 4.69) is 32.5 Å². The molecule has 144 valence electrons. The summed E-state index contributed by atoms with van der Waals surface area (Å²) in [6.07, 6.45) is 4.35. The van der Waals surface area contributed by atoms with Crippen LogP contribution in [-0.2, 0) is 11.2 Å². The van der Waals surface area contributed by atoms with Gasteiger partial charge in [-0.3, -0.25) is 4.79 Å². The Morgan fingerprint density at radius 2 is 2.00 bits per heavy atom. The Labute approximate surface area is 164 Å². The summed E-state index contributed by atoms with van der Waals surface area (Å²) in [6.45, 7) is 2.23. The van der Waals surface area contributed by atoms with Gasteiger partial charge in [0.1, 0.15) is 5.69 Å². The molecular formula is C22H24N4O2. The summed E-state index contributed by atoms with van der Waals surface area (Å²) >= 11 is 0. The standard InChI is InChI=1S/C22H24N4O2/c27-22(23-13-12-17-6-2-1-3-7-17)18-8-4-14-26(16-18)21-11-10-19(24-25-21)20-9-5-15-28-20/h1-3,5-7,9-11,15,18H,4,8,12-14,16H2,(H,23,27). The van der Waals surface area contributed by atoms with E-state index in [9.17, 15) is 4.79 Å². The number of carbonyl (C=O) groups excluding carboxylic acids is 1. The molecule has 3 heterocycles. The van der Waals surface area contributed by atoms with E-state index >= 15 is 0 Å². The van der Waals surface area contributed by atoms with Crippen molar-refractivity contribution in [3.8, 4) is 11.5 Å². The zero-order chi connectivity index (χ0) is 19.2. The van der Waals surface area contributed by atoms with Crippen molar-refractivity contribution < 1.29 is 9.21 Å². The molecule has 3 aromatic rings. The molecule has 6 heteroatoms. The van der Waals surface area contributed by atoms with E-state index in [1.54, 1.807) is 6.26 Å². The van der Waals surface area contributed by atoms with Crippen LogP contribution in [0.1, 0.15) is 18.4 Å². The van der Waals surface area contributed by atoms with Crippen LogP contribution in [0, 0.1) is 5.92 Å². The SMILES string of the molecule is O=C(NCCc1ccccc1)C1CCCN(c2ccc(-c3ccco3)nn2)C1. The molecule has 28 heavy (non-hydrogen) atoms. The van der Waals surface area contributed by atoms with Crippen molar-refractivity contribution in [1.29, 1.82) is 0 Å². The van der Waals surface area contributed by atoms with Crippen LogP contribution in [0.25, 0.3) is 11.5 Å². The van der Waals surface area contributed by atoms with Gasteiger partial charge in [0.25, 0.3) is 0 Å². The molecule has 4 rings (SSSR count). The van der Waals surface area contributed by atoms with Crippen molar-refractivity contribution in [3.05, 3.63) is 66.4 Å². The number of piperidine rings is 1. The fraction of sp³-hybridized carbons (Fsp3) is 0.318. The first kappa shape index (κ1) is 18.2. The maximum absolute atomic E-state index is 12.6. The molecule has 1 fully saturated rings. The van der Waals surface area contributed by atoms with E-state index in [1.165, 1.54) is 5.56 Å². The van der Waals surface area contributed by atoms with Crippen molar-refractivity contribution >= 4 is 11.7 Å². The fourth-order valence-electron chi connectivity index (χ4n) is 3.57. The minimum Gasteiger partial charge on any atom is -0.463 e. The lowest BCUT2D eigenvalue weighted by Crippen LogP contribution is -2.43. The maximum atomic E-state index is 12.6. The van der Waals surface area contributed by atoms with Crippen LogP contribution in [0.5, 0.6) is 0 Å². The number of nitrogens with one attached hydrogen (secondary N) is 1. The number of rotatable bonds is 6. The van der Waals surface area contributed by atoms with Crippen LogP contribution in [0.4, 0.5) is 5.82 Å². The van der Waals surface area contributed by atoms with Crippen LogP contribution in [0.2, 0.25) is 0 Å². The second-order valence-electron chi connectivity index (χ2n) is 7.07. The summed E-state index contributed by atoms with van der Waals surface area (Å²) in [4.78, 5) is 14.7. The second-order valence-corrected chi connectivity index (χ2v) is 7.07. The third-order valence-electron chi connectivity index (χ3n) is 5.10. The summed E-state index contributed by atoms with van der Waals surface area (Å²) in [5.41, 5.74) is 1.95. The lowest BCUT2D eigenvalue weighted by atomic mass is 9.97. The number of furan rings is 1. The van der Waals surface area contributed by atoms with Gasteiger partial charge in [-0.2, -0.15) is 0 Å². The van der Waals surface area contributed by atoms with E-state index in [0.717, 1.165) is 31.6 Å². The number of hydrogen-bond acceptors (Lipinski definition) is 5. The molecule has 1 aliphatic heterocycles. The van der Waals surface area contributed by atoms with Crippen LogP contribution in [-0.4, -0.2) is 35.7 Å². The lowest BCUT2D eigenvalue weighted by Gasteiger charge is -2.32. The number of nitrogens with zero attached hydrogens (tertiary/aromatic N) is 3. The van der Waals surface area contributed by atoms with Gasteiger partial charge in [-0.25, -0.2) is 0 Å². The summed E-state index contributed by atoms with van der Waals surface area (Å²) in [7, 11) is 0. The number of aromatic nitrogens is 2. The Morgan fingerprint density at radius 3 is 2.75 bits per heavy atom. The second kappa shape index (κ2) is 8.69. The minimum absolute atomic E-state index is 0.0175.